The van der Waals surface area contributed by atoms with E-state index in [-0.39, 0.29) is 5.91 Å². The number of methoxy groups -OCH3 is 1. The van der Waals surface area contributed by atoms with Crippen molar-refractivity contribution in [3.63, 3.8) is 0 Å². The number of aromatic nitrogens is 2. The van der Waals surface area contributed by atoms with Crippen molar-refractivity contribution in [1.29, 1.82) is 0 Å². The Morgan fingerprint density at radius 3 is 2.52 bits per heavy atom. The van der Waals surface area contributed by atoms with Crippen molar-refractivity contribution in [2.45, 2.75) is 33.9 Å². The highest BCUT2D eigenvalue weighted by Gasteiger charge is 2.18. The first kappa shape index (κ1) is 18.7. The Labute approximate surface area is 160 Å². The van der Waals surface area contributed by atoms with Gasteiger partial charge in [-0.05, 0) is 43.5 Å². The van der Waals surface area contributed by atoms with E-state index in [1.807, 2.05) is 61.9 Å². The van der Waals surface area contributed by atoms with Crippen molar-refractivity contribution in [2.75, 3.05) is 7.11 Å². The zero-order chi connectivity index (χ0) is 19.4. The summed E-state index contributed by atoms with van der Waals surface area (Å²) in [7, 11) is 1.65. The third kappa shape index (κ3) is 4.19. The van der Waals surface area contributed by atoms with Crippen LogP contribution in [0.2, 0.25) is 0 Å². The highest BCUT2D eigenvalue weighted by atomic mass is 16.5. The number of nitrogens with one attached hydrogen (secondary N) is 1. The predicted molar refractivity (Wildman–Crippen MR) is 106 cm³/mol. The first-order chi connectivity index (χ1) is 13.0. The number of carbonyl (C=O) groups is 1. The lowest BCUT2D eigenvalue weighted by Crippen LogP contribution is -2.24. The average molecular weight is 363 g/mol. The van der Waals surface area contributed by atoms with E-state index in [0.29, 0.717) is 18.7 Å². The minimum absolute atomic E-state index is 0.108. The van der Waals surface area contributed by atoms with E-state index in [2.05, 4.69) is 22.5 Å². The van der Waals surface area contributed by atoms with Crippen LogP contribution >= 0.6 is 0 Å². The number of nitrogens with zero attached hydrogens (tertiary/aromatic N) is 2. The van der Waals surface area contributed by atoms with Gasteiger partial charge in [-0.2, -0.15) is 5.10 Å². The number of carbonyl (C=O) groups excluding carboxylic acids is 1. The number of aryl methyl sites for hydroxylation is 2. The molecular formula is C22H25N3O2. The summed E-state index contributed by atoms with van der Waals surface area (Å²) in [6.45, 7) is 6.90. The number of benzene rings is 2. The van der Waals surface area contributed by atoms with Crippen LogP contribution in [0.3, 0.4) is 0 Å². The van der Waals surface area contributed by atoms with Crippen molar-refractivity contribution in [3.8, 4) is 5.75 Å². The highest BCUT2D eigenvalue weighted by Crippen LogP contribution is 2.19. The smallest absolute Gasteiger partial charge is 0.255 e. The molecule has 0 aliphatic rings. The van der Waals surface area contributed by atoms with E-state index in [1.54, 1.807) is 7.11 Å². The van der Waals surface area contributed by atoms with Crippen molar-refractivity contribution in [1.82, 2.24) is 15.1 Å². The number of hydrogen-bond donors (Lipinski definition) is 1. The standard InChI is InChI=1S/C22H25N3O2/c1-15-10-11-19(12-20(15)27-4)13-23-22(26)21-16(2)24-25(17(21)3)14-18-8-6-5-7-9-18/h5-12H,13-14H2,1-4H3,(H,23,26). The van der Waals surface area contributed by atoms with Crippen LogP contribution in [-0.4, -0.2) is 22.8 Å². The van der Waals surface area contributed by atoms with Gasteiger partial charge in [-0.25, -0.2) is 0 Å². The fraction of sp³-hybridized carbons (Fsp3) is 0.273. The van der Waals surface area contributed by atoms with Gasteiger partial charge in [-0.15, -0.1) is 0 Å². The Morgan fingerprint density at radius 2 is 1.81 bits per heavy atom. The normalized spacial score (nSPS) is 10.7. The monoisotopic (exact) mass is 363 g/mol. The molecule has 1 heterocycles. The third-order valence-electron chi connectivity index (χ3n) is 4.71. The molecule has 3 aromatic rings. The Morgan fingerprint density at radius 1 is 1.07 bits per heavy atom. The van der Waals surface area contributed by atoms with E-state index in [9.17, 15) is 4.79 Å². The van der Waals surface area contributed by atoms with Gasteiger partial charge >= 0.3 is 0 Å². The molecule has 0 aliphatic heterocycles. The second-order valence-corrected chi connectivity index (χ2v) is 6.68. The molecule has 1 aromatic heterocycles. The van der Waals surface area contributed by atoms with E-state index in [0.717, 1.165) is 33.8 Å². The first-order valence-corrected chi connectivity index (χ1v) is 8.99. The van der Waals surface area contributed by atoms with Crippen molar-refractivity contribution >= 4 is 5.91 Å². The third-order valence-corrected chi connectivity index (χ3v) is 4.71. The summed E-state index contributed by atoms with van der Waals surface area (Å²) in [5, 5.41) is 7.55. The number of ether oxygens (including phenoxy) is 1. The van der Waals surface area contributed by atoms with E-state index in [1.165, 1.54) is 0 Å². The van der Waals surface area contributed by atoms with Crippen molar-refractivity contribution in [2.24, 2.45) is 0 Å². The van der Waals surface area contributed by atoms with Crippen LogP contribution < -0.4 is 10.1 Å². The molecule has 0 unspecified atom stereocenters. The second kappa shape index (κ2) is 8.08. The molecule has 3 rings (SSSR count). The first-order valence-electron chi connectivity index (χ1n) is 8.99. The van der Waals surface area contributed by atoms with Gasteiger partial charge in [0.05, 0.1) is 24.9 Å². The quantitative estimate of drug-likeness (QED) is 0.725. The summed E-state index contributed by atoms with van der Waals surface area (Å²) in [5.74, 6) is 0.716. The average Bonchev–Trinajstić information content (AvgIpc) is 2.95. The van der Waals surface area contributed by atoms with E-state index in [4.69, 9.17) is 4.74 Å². The summed E-state index contributed by atoms with van der Waals surface area (Å²) < 4.78 is 7.23. The van der Waals surface area contributed by atoms with Gasteiger partial charge in [-0.3, -0.25) is 9.48 Å². The Hall–Kier alpha value is -3.08. The molecule has 1 amide bonds. The molecule has 0 spiro atoms. The second-order valence-electron chi connectivity index (χ2n) is 6.68. The Bertz CT molecular complexity index is 946. The Kier molecular flexibility index (Phi) is 5.60. The summed E-state index contributed by atoms with van der Waals surface area (Å²) in [6.07, 6.45) is 0. The highest BCUT2D eigenvalue weighted by molar-refractivity contribution is 5.96. The largest absolute Gasteiger partial charge is 0.496 e. The molecule has 0 aliphatic carbocycles. The molecule has 0 saturated heterocycles. The summed E-state index contributed by atoms with van der Waals surface area (Å²) in [4.78, 5) is 12.8. The topological polar surface area (TPSA) is 56.1 Å². The minimum atomic E-state index is -0.108. The van der Waals surface area contributed by atoms with Crippen LogP contribution in [0, 0.1) is 20.8 Å². The van der Waals surface area contributed by atoms with E-state index >= 15 is 0 Å². The molecule has 140 valence electrons. The number of rotatable bonds is 6. The molecule has 5 heteroatoms. The van der Waals surface area contributed by atoms with Gasteiger partial charge in [0.2, 0.25) is 0 Å². The lowest BCUT2D eigenvalue weighted by Gasteiger charge is -2.10. The molecule has 5 nitrogen and oxygen atoms in total. The lowest BCUT2D eigenvalue weighted by molar-refractivity contribution is 0.0949. The van der Waals surface area contributed by atoms with Crippen LogP contribution in [0.5, 0.6) is 5.75 Å². The molecule has 0 bridgehead atoms. The van der Waals surface area contributed by atoms with Crippen LogP contribution in [0.15, 0.2) is 48.5 Å². The molecule has 0 atom stereocenters. The zero-order valence-electron chi connectivity index (χ0n) is 16.2. The maximum absolute atomic E-state index is 12.8. The summed E-state index contributed by atoms with van der Waals surface area (Å²) in [5.41, 5.74) is 5.48. The Balaban J connectivity index is 1.73. The maximum atomic E-state index is 12.8. The summed E-state index contributed by atoms with van der Waals surface area (Å²) >= 11 is 0. The summed E-state index contributed by atoms with van der Waals surface area (Å²) in [6, 6.07) is 16.1. The molecule has 2 aromatic carbocycles. The van der Waals surface area contributed by atoms with Gasteiger partial charge in [0.25, 0.3) is 5.91 Å². The van der Waals surface area contributed by atoms with Crippen LogP contribution in [-0.2, 0) is 13.1 Å². The molecule has 27 heavy (non-hydrogen) atoms. The van der Waals surface area contributed by atoms with Gasteiger partial charge < -0.3 is 10.1 Å². The molecular weight excluding hydrogens is 338 g/mol. The number of amides is 1. The fourth-order valence-corrected chi connectivity index (χ4v) is 3.18. The maximum Gasteiger partial charge on any atom is 0.255 e. The van der Waals surface area contributed by atoms with Gasteiger partial charge in [0.15, 0.2) is 0 Å². The fourth-order valence-electron chi connectivity index (χ4n) is 3.18. The minimum Gasteiger partial charge on any atom is -0.496 e. The van der Waals surface area contributed by atoms with Crippen LogP contribution in [0.25, 0.3) is 0 Å². The van der Waals surface area contributed by atoms with Gasteiger partial charge in [0, 0.05) is 12.2 Å². The number of hydrogen-bond acceptors (Lipinski definition) is 3. The van der Waals surface area contributed by atoms with Crippen LogP contribution in [0.1, 0.15) is 38.4 Å². The predicted octanol–water partition coefficient (Wildman–Crippen LogP) is 3.80. The SMILES string of the molecule is COc1cc(CNC(=O)c2c(C)nn(Cc3ccccc3)c2C)ccc1C. The van der Waals surface area contributed by atoms with Crippen LogP contribution in [0.4, 0.5) is 0 Å². The zero-order valence-corrected chi connectivity index (χ0v) is 16.2. The lowest BCUT2D eigenvalue weighted by atomic mass is 10.1. The molecule has 0 fully saturated rings. The molecule has 0 radical (unpaired) electrons. The van der Waals surface area contributed by atoms with Crippen molar-refractivity contribution in [3.05, 3.63) is 82.2 Å². The van der Waals surface area contributed by atoms with Crippen molar-refractivity contribution < 1.29 is 9.53 Å². The molecule has 1 N–H and O–H groups in total. The van der Waals surface area contributed by atoms with E-state index < -0.39 is 0 Å². The van der Waals surface area contributed by atoms with Gasteiger partial charge in [0.1, 0.15) is 5.75 Å². The molecule has 0 saturated carbocycles. The van der Waals surface area contributed by atoms with Gasteiger partial charge in [-0.1, -0.05) is 42.5 Å².